The average Bonchev–Trinajstić information content (AvgIpc) is 2.34. The SMILES string of the molecule is CCNCc1ccc(OCC#N)c([N+](=O)[O-])c1. The second kappa shape index (κ2) is 6.45. The lowest BCUT2D eigenvalue weighted by Gasteiger charge is -2.06. The van der Waals surface area contributed by atoms with E-state index in [0.717, 1.165) is 12.1 Å². The molecule has 0 aliphatic rings. The van der Waals surface area contributed by atoms with Crippen molar-refractivity contribution in [1.29, 1.82) is 5.26 Å². The summed E-state index contributed by atoms with van der Waals surface area (Å²) in [7, 11) is 0. The monoisotopic (exact) mass is 235 g/mol. The van der Waals surface area contributed by atoms with Crippen molar-refractivity contribution < 1.29 is 9.66 Å². The Hall–Kier alpha value is -2.13. The van der Waals surface area contributed by atoms with Crippen LogP contribution in [0.15, 0.2) is 18.2 Å². The van der Waals surface area contributed by atoms with Crippen molar-refractivity contribution in [3.8, 4) is 11.8 Å². The van der Waals surface area contributed by atoms with E-state index < -0.39 is 4.92 Å². The minimum Gasteiger partial charge on any atom is -0.472 e. The predicted molar refractivity (Wildman–Crippen MR) is 61.6 cm³/mol. The van der Waals surface area contributed by atoms with E-state index in [4.69, 9.17) is 10.00 Å². The fourth-order valence-corrected chi connectivity index (χ4v) is 1.32. The Labute approximate surface area is 99.0 Å². The molecular weight excluding hydrogens is 222 g/mol. The Morgan fingerprint density at radius 3 is 2.94 bits per heavy atom. The fraction of sp³-hybridized carbons (Fsp3) is 0.364. The van der Waals surface area contributed by atoms with Gasteiger partial charge in [-0.25, -0.2) is 0 Å². The van der Waals surface area contributed by atoms with Gasteiger partial charge in [-0.05, 0) is 18.2 Å². The van der Waals surface area contributed by atoms with Gasteiger partial charge in [0.2, 0.25) is 0 Å². The van der Waals surface area contributed by atoms with E-state index in [1.165, 1.54) is 12.1 Å². The highest BCUT2D eigenvalue weighted by molar-refractivity contribution is 5.48. The summed E-state index contributed by atoms with van der Waals surface area (Å²) in [6.07, 6.45) is 0. The molecule has 0 amide bonds. The van der Waals surface area contributed by atoms with E-state index in [2.05, 4.69) is 5.32 Å². The lowest BCUT2D eigenvalue weighted by atomic mass is 10.2. The molecule has 6 nitrogen and oxygen atoms in total. The summed E-state index contributed by atoms with van der Waals surface area (Å²) in [5, 5.41) is 22.3. The fourth-order valence-electron chi connectivity index (χ4n) is 1.32. The highest BCUT2D eigenvalue weighted by atomic mass is 16.6. The van der Waals surface area contributed by atoms with Crippen molar-refractivity contribution in [3.63, 3.8) is 0 Å². The molecule has 17 heavy (non-hydrogen) atoms. The van der Waals surface area contributed by atoms with Crippen LogP contribution in [0, 0.1) is 21.4 Å². The Bertz CT molecular complexity index is 440. The molecule has 0 heterocycles. The third kappa shape index (κ3) is 3.74. The lowest BCUT2D eigenvalue weighted by molar-refractivity contribution is -0.385. The maximum atomic E-state index is 10.8. The first-order valence-electron chi connectivity index (χ1n) is 5.16. The zero-order chi connectivity index (χ0) is 12.7. The molecule has 0 radical (unpaired) electrons. The van der Waals surface area contributed by atoms with Crippen LogP contribution in [-0.4, -0.2) is 18.1 Å². The van der Waals surface area contributed by atoms with Crippen molar-refractivity contribution in [2.24, 2.45) is 0 Å². The normalized spacial score (nSPS) is 9.65. The van der Waals surface area contributed by atoms with Gasteiger partial charge in [0, 0.05) is 12.6 Å². The quantitative estimate of drug-likeness (QED) is 0.597. The Morgan fingerprint density at radius 2 is 2.35 bits per heavy atom. The van der Waals surface area contributed by atoms with Gasteiger partial charge >= 0.3 is 5.69 Å². The number of nitrogens with one attached hydrogen (secondary N) is 1. The highest BCUT2D eigenvalue weighted by Crippen LogP contribution is 2.27. The smallest absolute Gasteiger partial charge is 0.311 e. The minimum absolute atomic E-state index is 0.115. The lowest BCUT2D eigenvalue weighted by Crippen LogP contribution is -2.12. The molecule has 1 aromatic rings. The zero-order valence-corrected chi connectivity index (χ0v) is 9.47. The Kier molecular flexibility index (Phi) is 4.91. The van der Waals surface area contributed by atoms with Gasteiger partial charge in [0.25, 0.3) is 0 Å². The molecule has 1 N–H and O–H groups in total. The van der Waals surface area contributed by atoms with E-state index >= 15 is 0 Å². The van der Waals surface area contributed by atoms with Crippen LogP contribution in [0.25, 0.3) is 0 Å². The summed E-state index contributed by atoms with van der Waals surface area (Å²) in [5.41, 5.74) is 0.693. The van der Waals surface area contributed by atoms with Crippen molar-refractivity contribution in [3.05, 3.63) is 33.9 Å². The van der Waals surface area contributed by atoms with Gasteiger partial charge in [0.1, 0.15) is 6.07 Å². The zero-order valence-electron chi connectivity index (χ0n) is 9.47. The minimum atomic E-state index is -0.512. The number of nitro benzene ring substituents is 1. The molecule has 1 aromatic carbocycles. The van der Waals surface area contributed by atoms with Crippen LogP contribution in [0.3, 0.4) is 0 Å². The van der Waals surface area contributed by atoms with E-state index in [1.54, 1.807) is 12.1 Å². The first kappa shape index (κ1) is 12.9. The summed E-state index contributed by atoms with van der Waals surface area (Å²) < 4.78 is 4.98. The van der Waals surface area contributed by atoms with E-state index in [9.17, 15) is 10.1 Å². The van der Waals surface area contributed by atoms with Crippen molar-refractivity contribution in [2.75, 3.05) is 13.2 Å². The molecule has 0 fully saturated rings. The molecule has 0 saturated carbocycles. The topological polar surface area (TPSA) is 88.2 Å². The van der Waals surface area contributed by atoms with Crippen molar-refractivity contribution in [2.45, 2.75) is 13.5 Å². The number of rotatable bonds is 6. The van der Waals surface area contributed by atoms with Crippen molar-refractivity contribution in [1.82, 2.24) is 5.32 Å². The molecule has 1 rings (SSSR count). The van der Waals surface area contributed by atoms with Crippen LogP contribution >= 0.6 is 0 Å². The molecule has 0 atom stereocenters. The van der Waals surface area contributed by atoms with Gasteiger partial charge in [0.05, 0.1) is 4.92 Å². The Morgan fingerprint density at radius 1 is 1.59 bits per heavy atom. The van der Waals surface area contributed by atoms with Gasteiger partial charge in [-0.1, -0.05) is 13.0 Å². The molecule has 0 aromatic heterocycles. The first-order chi connectivity index (χ1) is 8.19. The summed E-state index contributed by atoms with van der Waals surface area (Å²) in [4.78, 5) is 10.3. The molecule has 90 valence electrons. The summed E-state index contributed by atoms with van der Waals surface area (Å²) in [6, 6.07) is 6.48. The third-order valence-electron chi connectivity index (χ3n) is 2.09. The van der Waals surface area contributed by atoms with Gasteiger partial charge in [-0.15, -0.1) is 0 Å². The largest absolute Gasteiger partial charge is 0.472 e. The maximum Gasteiger partial charge on any atom is 0.311 e. The first-order valence-corrected chi connectivity index (χ1v) is 5.16. The molecule has 0 saturated heterocycles. The van der Waals surface area contributed by atoms with E-state index in [0.29, 0.717) is 6.54 Å². The number of hydrogen-bond acceptors (Lipinski definition) is 5. The molecule has 0 spiro atoms. The summed E-state index contributed by atoms with van der Waals surface area (Å²) in [5.74, 6) is 0.122. The van der Waals surface area contributed by atoms with Crippen LogP contribution in [-0.2, 0) is 6.54 Å². The number of ether oxygens (including phenoxy) is 1. The second-order valence-corrected chi connectivity index (χ2v) is 3.29. The molecule has 0 aliphatic heterocycles. The summed E-state index contributed by atoms with van der Waals surface area (Å²) in [6.45, 7) is 3.11. The average molecular weight is 235 g/mol. The summed E-state index contributed by atoms with van der Waals surface area (Å²) >= 11 is 0. The van der Waals surface area contributed by atoms with Crippen LogP contribution < -0.4 is 10.1 Å². The second-order valence-electron chi connectivity index (χ2n) is 3.29. The van der Waals surface area contributed by atoms with E-state index in [1.807, 2.05) is 6.92 Å². The van der Waals surface area contributed by atoms with Gasteiger partial charge in [0.15, 0.2) is 12.4 Å². The van der Waals surface area contributed by atoms with Crippen LogP contribution in [0.2, 0.25) is 0 Å². The van der Waals surface area contributed by atoms with Crippen LogP contribution in [0.5, 0.6) is 5.75 Å². The number of nitro groups is 1. The highest BCUT2D eigenvalue weighted by Gasteiger charge is 2.15. The van der Waals surface area contributed by atoms with Crippen LogP contribution in [0.4, 0.5) is 5.69 Å². The molecule has 0 aliphatic carbocycles. The molecular formula is C11H13N3O3. The number of nitrogens with zero attached hydrogens (tertiary/aromatic N) is 2. The standard InChI is InChI=1S/C11H13N3O3/c1-2-13-8-9-3-4-11(17-6-5-12)10(7-9)14(15)16/h3-4,7,13H,2,6,8H2,1H3. The Balaban J connectivity index is 2.92. The number of benzene rings is 1. The number of hydrogen-bond donors (Lipinski definition) is 1. The van der Waals surface area contributed by atoms with Gasteiger partial charge in [-0.2, -0.15) is 5.26 Å². The predicted octanol–water partition coefficient (Wildman–Crippen LogP) is 1.61. The number of nitriles is 1. The van der Waals surface area contributed by atoms with Gasteiger partial charge < -0.3 is 10.1 Å². The van der Waals surface area contributed by atoms with Crippen molar-refractivity contribution >= 4 is 5.69 Å². The van der Waals surface area contributed by atoms with Crippen LogP contribution in [0.1, 0.15) is 12.5 Å². The molecule has 6 heteroatoms. The third-order valence-corrected chi connectivity index (χ3v) is 2.09. The maximum absolute atomic E-state index is 10.8. The molecule has 0 bridgehead atoms. The van der Waals surface area contributed by atoms with Gasteiger partial charge in [-0.3, -0.25) is 10.1 Å². The molecule has 0 unspecified atom stereocenters. The van der Waals surface area contributed by atoms with E-state index in [-0.39, 0.29) is 18.0 Å².